The van der Waals surface area contributed by atoms with Gasteiger partial charge in [0.15, 0.2) is 0 Å². The number of benzene rings is 1. The molecule has 0 spiro atoms. The number of hydrogen-bond acceptors (Lipinski definition) is 6. The highest BCUT2D eigenvalue weighted by Crippen LogP contribution is 2.39. The van der Waals surface area contributed by atoms with Crippen molar-refractivity contribution in [2.24, 2.45) is 7.05 Å². The number of nitrogens with zero attached hydrogens (tertiary/aromatic N) is 3. The van der Waals surface area contributed by atoms with Crippen LogP contribution in [0, 0.1) is 0 Å². The number of carbonyl (C=O) groups excluding carboxylic acids is 2. The van der Waals surface area contributed by atoms with E-state index in [1.807, 2.05) is 19.1 Å². The Balaban J connectivity index is 1.81. The van der Waals surface area contributed by atoms with Gasteiger partial charge in [-0.3, -0.25) is 18.7 Å². The SMILES string of the molecule is CCc1ccccc1NC(=O)Cn1c(=O)c2c(C(=O)OC)cc(C3CC3)nc2n(C)c1=O. The molecule has 1 aromatic carbocycles. The first-order valence-electron chi connectivity index (χ1n) is 10.5. The van der Waals surface area contributed by atoms with Gasteiger partial charge >= 0.3 is 11.7 Å². The summed E-state index contributed by atoms with van der Waals surface area (Å²) >= 11 is 0. The zero-order chi connectivity index (χ0) is 23.0. The molecule has 3 aromatic rings. The molecule has 0 radical (unpaired) electrons. The van der Waals surface area contributed by atoms with Crippen molar-refractivity contribution >= 4 is 28.6 Å². The van der Waals surface area contributed by atoms with Gasteiger partial charge in [0.2, 0.25) is 5.91 Å². The van der Waals surface area contributed by atoms with E-state index in [9.17, 15) is 19.2 Å². The van der Waals surface area contributed by atoms with Gasteiger partial charge < -0.3 is 10.1 Å². The van der Waals surface area contributed by atoms with E-state index in [1.165, 1.54) is 18.7 Å². The lowest BCUT2D eigenvalue weighted by atomic mass is 10.1. The lowest BCUT2D eigenvalue weighted by Gasteiger charge is -2.14. The first-order valence-corrected chi connectivity index (χ1v) is 10.5. The highest BCUT2D eigenvalue weighted by Gasteiger charge is 2.29. The molecule has 0 atom stereocenters. The van der Waals surface area contributed by atoms with Crippen LogP contribution in [0.4, 0.5) is 5.69 Å². The number of rotatable bonds is 6. The van der Waals surface area contributed by atoms with Gasteiger partial charge in [-0.15, -0.1) is 0 Å². The Bertz CT molecular complexity index is 1350. The predicted octanol–water partition coefficient (Wildman–Crippen LogP) is 1.96. The van der Waals surface area contributed by atoms with Crippen molar-refractivity contribution in [3.8, 4) is 0 Å². The maximum atomic E-state index is 13.3. The van der Waals surface area contributed by atoms with E-state index in [-0.39, 0.29) is 22.5 Å². The van der Waals surface area contributed by atoms with E-state index in [4.69, 9.17) is 4.74 Å². The van der Waals surface area contributed by atoms with Crippen LogP contribution in [0.5, 0.6) is 0 Å². The fraction of sp³-hybridized carbons (Fsp3) is 0.348. The molecule has 1 aliphatic rings. The largest absolute Gasteiger partial charge is 0.465 e. The number of ether oxygens (including phenoxy) is 1. The molecule has 32 heavy (non-hydrogen) atoms. The number of fused-ring (bicyclic) bond motifs is 1. The summed E-state index contributed by atoms with van der Waals surface area (Å²) in [4.78, 5) is 55.9. The Morgan fingerprint density at radius 3 is 2.59 bits per heavy atom. The summed E-state index contributed by atoms with van der Waals surface area (Å²) in [6.07, 6.45) is 2.58. The van der Waals surface area contributed by atoms with Gasteiger partial charge in [-0.1, -0.05) is 25.1 Å². The number of nitrogens with one attached hydrogen (secondary N) is 1. The number of amides is 1. The summed E-state index contributed by atoms with van der Waals surface area (Å²) in [5, 5.41) is 2.72. The zero-order valence-electron chi connectivity index (χ0n) is 18.2. The maximum Gasteiger partial charge on any atom is 0.338 e. The molecule has 166 valence electrons. The van der Waals surface area contributed by atoms with E-state index in [0.29, 0.717) is 17.8 Å². The predicted molar refractivity (Wildman–Crippen MR) is 119 cm³/mol. The van der Waals surface area contributed by atoms with Gasteiger partial charge in [-0.25, -0.2) is 14.6 Å². The number of methoxy groups -OCH3 is 1. The van der Waals surface area contributed by atoms with Crippen molar-refractivity contribution in [1.82, 2.24) is 14.1 Å². The highest BCUT2D eigenvalue weighted by molar-refractivity contribution is 6.02. The topological polar surface area (TPSA) is 112 Å². The highest BCUT2D eigenvalue weighted by atomic mass is 16.5. The molecule has 0 saturated heterocycles. The quantitative estimate of drug-likeness (QED) is 0.591. The van der Waals surface area contributed by atoms with Gasteiger partial charge in [-0.05, 0) is 37.0 Å². The van der Waals surface area contributed by atoms with Crippen LogP contribution in [0.15, 0.2) is 39.9 Å². The number of anilines is 1. The van der Waals surface area contributed by atoms with Gasteiger partial charge in [0, 0.05) is 24.3 Å². The van der Waals surface area contributed by atoms with Crippen LogP contribution in [-0.4, -0.2) is 33.1 Å². The lowest BCUT2D eigenvalue weighted by Crippen LogP contribution is -2.42. The standard InChI is InChI=1S/C23H24N4O5/c1-4-13-7-5-6-8-16(13)24-18(28)12-27-21(29)19-15(22(30)32-3)11-17(14-9-10-14)25-20(19)26(2)23(27)31/h5-8,11,14H,4,9-10,12H2,1-3H3,(H,24,28). The summed E-state index contributed by atoms with van der Waals surface area (Å²) in [6.45, 7) is 1.47. The summed E-state index contributed by atoms with van der Waals surface area (Å²) in [6, 6.07) is 8.87. The summed E-state index contributed by atoms with van der Waals surface area (Å²) < 4.78 is 6.88. The van der Waals surface area contributed by atoms with Crippen LogP contribution in [0.25, 0.3) is 11.0 Å². The normalized spacial score (nSPS) is 13.2. The molecule has 2 heterocycles. The third-order valence-corrected chi connectivity index (χ3v) is 5.69. The average Bonchev–Trinajstić information content (AvgIpc) is 3.65. The fourth-order valence-corrected chi connectivity index (χ4v) is 3.78. The third-order valence-electron chi connectivity index (χ3n) is 5.69. The molecule has 1 saturated carbocycles. The number of carbonyl (C=O) groups is 2. The first kappa shape index (κ1) is 21.5. The van der Waals surface area contributed by atoms with Gasteiger partial charge in [0.1, 0.15) is 12.2 Å². The average molecular weight is 436 g/mol. The van der Waals surface area contributed by atoms with E-state index in [0.717, 1.165) is 23.0 Å². The second-order valence-corrected chi connectivity index (χ2v) is 7.85. The minimum Gasteiger partial charge on any atom is -0.465 e. The van der Waals surface area contributed by atoms with Crippen molar-refractivity contribution in [2.75, 3.05) is 12.4 Å². The van der Waals surface area contributed by atoms with E-state index >= 15 is 0 Å². The molecule has 0 aliphatic heterocycles. The van der Waals surface area contributed by atoms with Crippen LogP contribution < -0.4 is 16.6 Å². The second-order valence-electron chi connectivity index (χ2n) is 7.85. The number of aromatic nitrogens is 3. The molecule has 9 heteroatoms. The summed E-state index contributed by atoms with van der Waals surface area (Å²) in [5.41, 5.74) is 0.929. The molecule has 1 fully saturated rings. The van der Waals surface area contributed by atoms with Gasteiger partial charge in [0.05, 0.1) is 18.1 Å². The number of hydrogen-bond donors (Lipinski definition) is 1. The molecular weight excluding hydrogens is 412 g/mol. The second kappa shape index (κ2) is 8.41. The van der Waals surface area contributed by atoms with E-state index < -0.39 is 29.7 Å². The monoisotopic (exact) mass is 436 g/mol. The van der Waals surface area contributed by atoms with Gasteiger partial charge in [-0.2, -0.15) is 0 Å². The minimum atomic E-state index is -0.753. The van der Waals surface area contributed by atoms with Crippen LogP contribution in [0.1, 0.15) is 47.3 Å². The molecule has 1 aliphatic carbocycles. The lowest BCUT2D eigenvalue weighted by molar-refractivity contribution is -0.116. The van der Waals surface area contributed by atoms with Crippen molar-refractivity contribution in [2.45, 2.75) is 38.6 Å². The molecule has 1 amide bonds. The number of aryl methyl sites for hydroxylation is 2. The Kier molecular flexibility index (Phi) is 5.65. The third kappa shape index (κ3) is 3.81. The number of pyridine rings is 1. The van der Waals surface area contributed by atoms with Crippen LogP contribution in [-0.2, 0) is 29.5 Å². The van der Waals surface area contributed by atoms with Crippen molar-refractivity contribution < 1.29 is 14.3 Å². The smallest absolute Gasteiger partial charge is 0.338 e. The van der Waals surface area contributed by atoms with Crippen LogP contribution in [0.2, 0.25) is 0 Å². The fourth-order valence-electron chi connectivity index (χ4n) is 3.78. The Morgan fingerprint density at radius 2 is 1.94 bits per heavy atom. The van der Waals surface area contributed by atoms with Crippen molar-refractivity contribution in [1.29, 1.82) is 0 Å². The molecule has 0 unspecified atom stereocenters. The van der Waals surface area contributed by atoms with Crippen LogP contribution in [0.3, 0.4) is 0 Å². The van der Waals surface area contributed by atoms with Crippen molar-refractivity contribution in [3.05, 3.63) is 68.0 Å². The zero-order valence-corrected chi connectivity index (χ0v) is 18.2. The molecule has 1 N–H and O–H groups in total. The maximum absolute atomic E-state index is 13.3. The summed E-state index contributed by atoms with van der Waals surface area (Å²) in [5.74, 6) is -1.01. The number of esters is 1. The van der Waals surface area contributed by atoms with Gasteiger partial charge in [0.25, 0.3) is 5.56 Å². The Labute approximate surface area is 183 Å². The van der Waals surface area contributed by atoms with E-state index in [2.05, 4.69) is 10.3 Å². The molecular formula is C23H24N4O5. The van der Waals surface area contributed by atoms with E-state index in [1.54, 1.807) is 18.2 Å². The van der Waals surface area contributed by atoms with Crippen molar-refractivity contribution in [3.63, 3.8) is 0 Å². The van der Waals surface area contributed by atoms with Crippen LogP contribution >= 0.6 is 0 Å². The molecule has 0 bridgehead atoms. The minimum absolute atomic E-state index is 0.0369. The molecule has 9 nitrogen and oxygen atoms in total. The Hall–Kier alpha value is -3.75. The number of para-hydroxylation sites is 1. The Morgan fingerprint density at radius 1 is 1.22 bits per heavy atom. The first-order chi connectivity index (χ1) is 15.3. The summed E-state index contributed by atoms with van der Waals surface area (Å²) in [7, 11) is 2.69. The molecule has 2 aromatic heterocycles. The molecule has 4 rings (SSSR count).